The highest BCUT2D eigenvalue weighted by molar-refractivity contribution is 5.73. The van der Waals surface area contributed by atoms with Gasteiger partial charge in [0, 0.05) is 12.5 Å². The Hall–Kier alpha value is -1.75. The standard InChI is InChI=1S/C12H13NO/c1-10(13-11(2)14)8-9-12-6-4-3-5-7-12/h3-7,10H,1-2H3,(H,13,14). The lowest BCUT2D eigenvalue weighted by Crippen LogP contribution is -2.28. The number of nitrogens with one attached hydrogen (secondary N) is 1. The van der Waals surface area contributed by atoms with E-state index in [1.165, 1.54) is 6.92 Å². The largest absolute Gasteiger partial charge is 0.343 e. The van der Waals surface area contributed by atoms with E-state index in [2.05, 4.69) is 17.2 Å². The molecule has 1 atom stereocenters. The van der Waals surface area contributed by atoms with E-state index in [1.54, 1.807) is 0 Å². The first-order valence-electron chi connectivity index (χ1n) is 4.52. The zero-order valence-electron chi connectivity index (χ0n) is 8.37. The molecule has 0 saturated carbocycles. The first-order valence-corrected chi connectivity index (χ1v) is 4.52. The molecule has 0 aliphatic carbocycles. The maximum Gasteiger partial charge on any atom is 0.217 e. The molecule has 2 nitrogen and oxygen atoms in total. The molecule has 0 bridgehead atoms. The summed E-state index contributed by atoms with van der Waals surface area (Å²) >= 11 is 0. The quantitative estimate of drug-likeness (QED) is 0.664. The zero-order valence-corrected chi connectivity index (χ0v) is 8.37. The van der Waals surface area contributed by atoms with E-state index in [0.717, 1.165) is 5.56 Å². The molecule has 0 saturated heterocycles. The first-order chi connectivity index (χ1) is 6.68. The van der Waals surface area contributed by atoms with Crippen molar-refractivity contribution in [2.75, 3.05) is 0 Å². The SMILES string of the molecule is CC(=O)NC(C)C#Cc1ccccc1. The Bertz CT molecular complexity index is 359. The van der Waals surface area contributed by atoms with Gasteiger partial charge in [0.05, 0.1) is 6.04 Å². The average Bonchev–Trinajstić information content (AvgIpc) is 2.15. The second-order valence-corrected chi connectivity index (χ2v) is 3.06. The van der Waals surface area contributed by atoms with Crippen molar-refractivity contribution < 1.29 is 4.79 Å². The number of rotatable bonds is 1. The fraction of sp³-hybridized carbons (Fsp3) is 0.250. The Kier molecular flexibility index (Phi) is 3.75. The molecule has 14 heavy (non-hydrogen) atoms. The predicted molar refractivity (Wildman–Crippen MR) is 56.6 cm³/mol. The minimum Gasteiger partial charge on any atom is -0.343 e. The van der Waals surface area contributed by atoms with Crippen molar-refractivity contribution >= 4 is 5.91 Å². The van der Waals surface area contributed by atoms with Crippen molar-refractivity contribution in [3.63, 3.8) is 0 Å². The van der Waals surface area contributed by atoms with Crippen LogP contribution in [-0.2, 0) is 4.79 Å². The number of benzene rings is 1. The third kappa shape index (κ3) is 3.77. The van der Waals surface area contributed by atoms with Crippen molar-refractivity contribution in [2.24, 2.45) is 0 Å². The number of carbonyl (C=O) groups is 1. The van der Waals surface area contributed by atoms with Gasteiger partial charge >= 0.3 is 0 Å². The Morgan fingerprint density at radius 3 is 2.57 bits per heavy atom. The highest BCUT2D eigenvalue weighted by atomic mass is 16.1. The summed E-state index contributed by atoms with van der Waals surface area (Å²) in [7, 11) is 0. The molecule has 0 radical (unpaired) electrons. The fourth-order valence-electron chi connectivity index (χ4n) is 1.05. The number of hydrogen-bond acceptors (Lipinski definition) is 1. The molecule has 1 rings (SSSR count). The lowest BCUT2D eigenvalue weighted by molar-refractivity contribution is -0.119. The van der Waals surface area contributed by atoms with Gasteiger partial charge in [0.2, 0.25) is 5.91 Å². The molecule has 1 aromatic rings. The molecule has 1 N–H and O–H groups in total. The van der Waals surface area contributed by atoms with E-state index in [9.17, 15) is 4.79 Å². The lowest BCUT2D eigenvalue weighted by Gasteiger charge is -2.02. The summed E-state index contributed by atoms with van der Waals surface area (Å²) in [6.07, 6.45) is 0. The highest BCUT2D eigenvalue weighted by Gasteiger charge is 1.96. The highest BCUT2D eigenvalue weighted by Crippen LogP contribution is 1.94. The normalized spacial score (nSPS) is 11.0. The minimum absolute atomic E-state index is 0.0557. The van der Waals surface area contributed by atoms with Gasteiger partial charge in [0.15, 0.2) is 0 Å². The third-order valence-electron chi connectivity index (χ3n) is 1.63. The van der Waals surface area contributed by atoms with Crippen molar-refractivity contribution in [3.8, 4) is 11.8 Å². The molecular weight excluding hydrogens is 174 g/mol. The average molecular weight is 187 g/mol. The van der Waals surface area contributed by atoms with Gasteiger partial charge in [0.25, 0.3) is 0 Å². The second-order valence-electron chi connectivity index (χ2n) is 3.06. The van der Waals surface area contributed by atoms with E-state index in [4.69, 9.17) is 0 Å². The lowest BCUT2D eigenvalue weighted by atomic mass is 10.2. The summed E-state index contributed by atoms with van der Waals surface area (Å²) in [5, 5.41) is 2.70. The summed E-state index contributed by atoms with van der Waals surface area (Å²) in [5.74, 6) is 5.88. The van der Waals surface area contributed by atoms with Crippen LogP contribution in [0.2, 0.25) is 0 Å². The Labute approximate surface area is 84.3 Å². The van der Waals surface area contributed by atoms with Gasteiger partial charge in [-0.25, -0.2) is 0 Å². The Balaban J connectivity index is 2.60. The van der Waals surface area contributed by atoms with Crippen molar-refractivity contribution in [1.82, 2.24) is 5.32 Å². The van der Waals surface area contributed by atoms with Crippen LogP contribution in [0.15, 0.2) is 30.3 Å². The van der Waals surface area contributed by atoms with E-state index < -0.39 is 0 Å². The molecule has 1 aromatic carbocycles. The summed E-state index contributed by atoms with van der Waals surface area (Å²) in [4.78, 5) is 10.7. The van der Waals surface area contributed by atoms with Crippen LogP contribution in [0.4, 0.5) is 0 Å². The topological polar surface area (TPSA) is 29.1 Å². The third-order valence-corrected chi connectivity index (χ3v) is 1.63. The smallest absolute Gasteiger partial charge is 0.217 e. The van der Waals surface area contributed by atoms with E-state index in [1.807, 2.05) is 37.3 Å². The Morgan fingerprint density at radius 1 is 1.36 bits per heavy atom. The van der Waals surface area contributed by atoms with Gasteiger partial charge in [-0.05, 0) is 19.1 Å². The summed E-state index contributed by atoms with van der Waals surface area (Å²) in [5.41, 5.74) is 0.963. The van der Waals surface area contributed by atoms with Crippen LogP contribution in [0.25, 0.3) is 0 Å². The summed E-state index contributed by atoms with van der Waals surface area (Å²) in [6, 6.07) is 9.59. The molecule has 0 heterocycles. The molecule has 1 unspecified atom stereocenters. The number of carbonyl (C=O) groups excluding carboxylic acids is 1. The van der Waals surface area contributed by atoms with Crippen LogP contribution in [-0.4, -0.2) is 11.9 Å². The van der Waals surface area contributed by atoms with Gasteiger partial charge in [-0.2, -0.15) is 0 Å². The molecule has 0 aliphatic heterocycles. The van der Waals surface area contributed by atoms with Crippen molar-refractivity contribution in [3.05, 3.63) is 35.9 Å². The van der Waals surface area contributed by atoms with E-state index in [-0.39, 0.29) is 11.9 Å². The molecule has 1 amide bonds. The maximum atomic E-state index is 10.7. The van der Waals surface area contributed by atoms with E-state index in [0.29, 0.717) is 0 Å². The molecule has 0 spiro atoms. The van der Waals surface area contributed by atoms with Gasteiger partial charge in [0.1, 0.15) is 0 Å². The minimum atomic E-state index is -0.104. The van der Waals surface area contributed by atoms with Crippen LogP contribution in [0.3, 0.4) is 0 Å². The van der Waals surface area contributed by atoms with Crippen molar-refractivity contribution in [1.29, 1.82) is 0 Å². The molecule has 0 aromatic heterocycles. The van der Waals surface area contributed by atoms with Crippen LogP contribution in [0.1, 0.15) is 19.4 Å². The number of hydrogen-bond donors (Lipinski definition) is 1. The van der Waals surface area contributed by atoms with Gasteiger partial charge in [-0.1, -0.05) is 30.0 Å². The summed E-state index contributed by atoms with van der Waals surface area (Å²) in [6.45, 7) is 3.35. The number of amides is 1. The summed E-state index contributed by atoms with van der Waals surface area (Å²) < 4.78 is 0. The second kappa shape index (κ2) is 5.08. The molecule has 2 heteroatoms. The monoisotopic (exact) mass is 187 g/mol. The van der Waals surface area contributed by atoms with Crippen LogP contribution < -0.4 is 5.32 Å². The van der Waals surface area contributed by atoms with Crippen LogP contribution in [0.5, 0.6) is 0 Å². The first kappa shape index (κ1) is 10.3. The van der Waals surface area contributed by atoms with Crippen molar-refractivity contribution in [2.45, 2.75) is 19.9 Å². The molecular formula is C12H13NO. The molecule has 0 fully saturated rings. The predicted octanol–water partition coefficient (Wildman–Crippen LogP) is 1.56. The van der Waals surface area contributed by atoms with Crippen LogP contribution >= 0.6 is 0 Å². The van der Waals surface area contributed by atoms with Gasteiger partial charge < -0.3 is 5.32 Å². The Morgan fingerprint density at radius 2 is 2.00 bits per heavy atom. The maximum absolute atomic E-state index is 10.7. The zero-order chi connectivity index (χ0) is 10.4. The molecule has 72 valence electrons. The molecule has 0 aliphatic rings. The van der Waals surface area contributed by atoms with E-state index >= 15 is 0 Å². The fourth-order valence-corrected chi connectivity index (χ4v) is 1.05. The van der Waals surface area contributed by atoms with Gasteiger partial charge in [-0.3, -0.25) is 4.79 Å². The van der Waals surface area contributed by atoms with Gasteiger partial charge in [-0.15, -0.1) is 0 Å². The van der Waals surface area contributed by atoms with Crippen LogP contribution in [0, 0.1) is 11.8 Å².